The molecule has 0 unspecified atom stereocenters. The molecular formula is C13H18N2O6. The Morgan fingerprint density at radius 1 is 1.33 bits per heavy atom. The fraction of sp³-hybridized carbons (Fsp3) is 0.385. The number of phenols is 2. The van der Waals surface area contributed by atoms with Gasteiger partial charge in [0.15, 0.2) is 18.1 Å². The molecule has 0 bridgehead atoms. The Bertz CT molecular complexity index is 533. The summed E-state index contributed by atoms with van der Waals surface area (Å²) >= 11 is 0. The van der Waals surface area contributed by atoms with Crippen LogP contribution < -0.4 is 11.3 Å². The summed E-state index contributed by atoms with van der Waals surface area (Å²) in [5, 5.41) is 18.7. The summed E-state index contributed by atoms with van der Waals surface area (Å²) in [6.45, 7) is 0.962. The van der Waals surface area contributed by atoms with Gasteiger partial charge in [0.2, 0.25) is 0 Å². The van der Waals surface area contributed by atoms with Crippen molar-refractivity contribution in [1.82, 2.24) is 5.43 Å². The largest absolute Gasteiger partial charge is 0.504 e. The van der Waals surface area contributed by atoms with Crippen molar-refractivity contribution in [1.29, 1.82) is 0 Å². The molecule has 1 atom stereocenters. The summed E-state index contributed by atoms with van der Waals surface area (Å²) in [5.74, 6) is 3.37. The monoisotopic (exact) mass is 298 g/mol. The molecule has 0 radical (unpaired) electrons. The first-order chi connectivity index (χ1) is 9.82. The summed E-state index contributed by atoms with van der Waals surface area (Å²) in [6.07, 6.45) is 0.0807. The van der Waals surface area contributed by atoms with E-state index in [0.29, 0.717) is 5.56 Å². The summed E-state index contributed by atoms with van der Waals surface area (Å²) in [6, 6.07) is 4.12. The first kappa shape index (κ1) is 16.7. The number of esters is 2. The Kier molecular flexibility index (Phi) is 5.51. The van der Waals surface area contributed by atoms with Crippen molar-refractivity contribution in [2.75, 3.05) is 13.7 Å². The van der Waals surface area contributed by atoms with Crippen molar-refractivity contribution in [3.05, 3.63) is 23.8 Å². The van der Waals surface area contributed by atoms with Crippen LogP contribution in [0.4, 0.5) is 0 Å². The number of nitrogens with one attached hydrogen (secondary N) is 1. The second kappa shape index (κ2) is 6.91. The zero-order valence-corrected chi connectivity index (χ0v) is 11.8. The molecule has 21 heavy (non-hydrogen) atoms. The van der Waals surface area contributed by atoms with Crippen LogP contribution in [0.25, 0.3) is 0 Å². The number of nitrogens with two attached hydrogens (primary N) is 1. The maximum Gasteiger partial charge on any atom is 0.344 e. The molecular weight excluding hydrogens is 280 g/mol. The SMILES string of the molecule is COC(=O)COC(=O)[C@](C)(Cc1ccc(O)c(O)c1)NN. The Balaban J connectivity index is 2.80. The number of hydrogen-bond acceptors (Lipinski definition) is 8. The van der Waals surface area contributed by atoms with Gasteiger partial charge in [-0.25, -0.2) is 15.0 Å². The van der Waals surface area contributed by atoms with Gasteiger partial charge in [-0.1, -0.05) is 6.07 Å². The van der Waals surface area contributed by atoms with Crippen LogP contribution in [0, 0.1) is 0 Å². The maximum atomic E-state index is 12.0. The predicted molar refractivity (Wildman–Crippen MR) is 72.2 cm³/mol. The molecule has 0 saturated heterocycles. The van der Waals surface area contributed by atoms with Crippen LogP contribution in [0.5, 0.6) is 11.5 Å². The van der Waals surface area contributed by atoms with Gasteiger partial charge >= 0.3 is 11.9 Å². The summed E-state index contributed by atoms with van der Waals surface area (Å²) in [7, 11) is 1.18. The Morgan fingerprint density at radius 3 is 2.52 bits per heavy atom. The van der Waals surface area contributed by atoms with Gasteiger partial charge in [-0.05, 0) is 24.6 Å². The van der Waals surface area contributed by atoms with Gasteiger partial charge in [0.25, 0.3) is 0 Å². The molecule has 0 heterocycles. The number of benzene rings is 1. The van der Waals surface area contributed by atoms with Crippen molar-refractivity contribution in [3.8, 4) is 11.5 Å². The van der Waals surface area contributed by atoms with Crippen molar-refractivity contribution in [2.45, 2.75) is 18.9 Å². The molecule has 1 aromatic carbocycles. The number of hydrazine groups is 1. The van der Waals surface area contributed by atoms with E-state index in [0.717, 1.165) is 0 Å². The number of aromatic hydroxyl groups is 2. The molecule has 0 aliphatic carbocycles. The predicted octanol–water partition coefficient (Wildman–Crippen LogP) is -0.421. The highest BCUT2D eigenvalue weighted by molar-refractivity contribution is 5.83. The van der Waals surface area contributed by atoms with Crippen LogP contribution in [-0.2, 0) is 25.5 Å². The lowest BCUT2D eigenvalue weighted by Gasteiger charge is -2.26. The molecule has 0 spiro atoms. The number of methoxy groups -OCH3 is 1. The fourth-order valence-corrected chi connectivity index (χ4v) is 1.61. The lowest BCUT2D eigenvalue weighted by molar-refractivity contribution is -0.161. The third kappa shape index (κ3) is 4.33. The minimum atomic E-state index is -1.31. The molecule has 0 aromatic heterocycles. The van der Waals surface area contributed by atoms with E-state index in [-0.39, 0.29) is 17.9 Å². The molecule has 0 fully saturated rings. The van der Waals surface area contributed by atoms with Gasteiger partial charge in [0, 0.05) is 6.42 Å². The summed E-state index contributed by atoms with van der Waals surface area (Å²) in [4.78, 5) is 22.9. The lowest BCUT2D eigenvalue weighted by Crippen LogP contribution is -2.55. The molecule has 0 amide bonds. The topological polar surface area (TPSA) is 131 Å². The molecule has 116 valence electrons. The van der Waals surface area contributed by atoms with E-state index in [2.05, 4.69) is 10.2 Å². The lowest BCUT2D eigenvalue weighted by atomic mass is 9.93. The number of carbonyl (C=O) groups is 2. The molecule has 0 aliphatic rings. The van der Waals surface area contributed by atoms with Crippen molar-refractivity contribution >= 4 is 11.9 Å². The van der Waals surface area contributed by atoms with Crippen LogP contribution in [0.15, 0.2) is 18.2 Å². The van der Waals surface area contributed by atoms with Gasteiger partial charge in [0.05, 0.1) is 7.11 Å². The van der Waals surface area contributed by atoms with Gasteiger partial charge in [-0.15, -0.1) is 0 Å². The van der Waals surface area contributed by atoms with Crippen LogP contribution in [0.2, 0.25) is 0 Å². The van der Waals surface area contributed by atoms with Crippen molar-refractivity contribution < 1.29 is 29.3 Å². The second-order valence-corrected chi connectivity index (χ2v) is 4.63. The number of rotatable bonds is 6. The van der Waals surface area contributed by atoms with Crippen molar-refractivity contribution in [2.24, 2.45) is 5.84 Å². The molecule has 5 N–H and O–H groups in total. The average molecular weight is 298 g/mol. The smallest absolute Gasteiger partial charge is 0.344 e. The highest BCUT2D eigenvalue weighted by atomic mass is 16.6. The first-order valence-corrected chi connectivity index (χ1v) is 6.05. The Morgan fingerprint density at radius 2 is 2.00 bits per heavy atom. The highest BCUT2D eigenvalue weighted by Crippen LogP contribution is 2.26. The van der Waals surface area contributed by atoms with E-state index in [9.17, 15) is 19.8 Å². The Hall–Kier alpha value is -2.32. The maximum absolute atomic E-state index is 12.0. The number of phenolic OH excluding ortho intramolecular Hbond substituents is 2. The zero-order chi connectivity index (χ0) is 16.0. The van der Waals surface area contributed by atoms with Gasteiger partial charge in [-0.3, -0.25) is 5.84 Å². The van der Waals surface area contributed by atoms with E-state index in [1.807, 2.05) is 0 Å². The van der Waals surface area contributed by atoms with Gasteiger partial charge in [-0.2, -0.15) is 0 Å². The molecule has 0 saturated carbocycles. The molecule has 1 rings (SSSR count). The number of ether oxygens (including phenoxy) is 2. The van der Waals surface area contributed by atoms with Gasteiger partial charge < -0.3 is 19.7 Å². The molecule has 0 aliphatic heterocycles. The van der Waals surface area contributed by atoms with E-state index in [1.165, 1.54) is 32.2 Å². The summed E-state index contributed by atoms with van der Waals surface area (Å²) in [5.41, 5.74) is 1.57. The van der Waals surface area contributed by atoms with Crippen LogP contribution in [-0.4, -0.2) is 41.4 Å². The summed E-state index contributed by atoms with van der Waals surface area (Å²) < 4.78 is 9.17. The van der Waals surface area contributed by atoms with Crippen LogP contribution >= 0.6 is 0 Å². The third-order valence-corrected chi connectivity index (χ3v) is 2.92. The minimum Gasteiger partial charge on any atom is -0.504 e. The van der Waals surface area contributed by atoms with E-state index in [4.69, 9.17) is 10.6 Å². The normalized spacial score (nSPS) is 13.3. The van der Waals surface area contributed by atoms with Crippen molar-refractivity contribution in [3.63, 3.8) is 0 Å². The standard InChI is InChI=1S/C13H18N2O6/c1-13(15-14,12(19)21-7-11(18)20-2)6-8-3-4-9(16)10(17)5-8/h3-5,15-17H,6-7,14H2,1-2H3/t13-/m0/s1. The molecule has 8 nitrogen and oxygen atoms in total. The molecule has 1 aromatic rings. The zero-order valence-electron chi connectivity index (χ0n) is 11.8. The van der Waals surface area contributed by atoms with Gasteiger partial charge in [0.1, 0.15) is 5.54 Å². The van der Waals surface area contributed by atoms with Crippen LogP contribution in [0.3, 0.4) is 0 Å². The molecule has 8 heteroatoms. The van der Waals surface area contributed by atoms with E-state index in [1.54, 1.807) is 0 Å². The highest BCUT2D eigenvalue weighted by Gasteiger charge is 2.34. The second-order valence-electron chi connectivity index (χ2n) is 4.63. The quantitative estimate of drug-likeness (QED) is 0.241. The Labute approximate surface area is 121 Å². The van der Waals surface area contributed by atoms with Crippen LogP contribution in [0.1, 0.15) is 12.5 Å². The van der Waals surface area contributed by atoms with E-state index < -0.39 is 24.1 Å². The third-order valence-electron chi connectivity index (χ3n) is 2.92. The average Bonchev–Trinajstić information content (AvgIpc) is 2.47. The first-order valence-electron chi connectivity index (χ1n) is 6.05. The minimum absolute atomic E-state index is 0.0807. The fourth-order valence-electron chi connectivity index (χ4n) is 1.61. The number of hydrogen-bond donors (Lipinski definition) is 4. The van der Waals surface area contributed by atoms with E-state index >= 15 is 0 Å². The number of carbonyl (C=O) groups excluding carboxylic acids is 2.